The number of halogens is 1. The van der Waals surface area contributed by atoms with E-state index in [4.69, 9.17) is 21.4 Å². The predicted octanol–water partition coefficient (Wildman–Crippen LogP) is 3.30. The molecule has 1 aromatic carbocycles. The maximum absolute atomic E-state index is 10.2. The van der Waals surface area contributed by atoms with Crippen LogP contribution in [0.2, 0.25) is 5.02 Å². The van der Waals surface area contributed by atoms with Crippen molar-refractivity contribution in [3.05, 3.63) is 41.4 Å². The minimum atomic E-state index is -0.991. The van der Waals surface area contributed by atoms with E-state index >= 15 is 0 Å². The lowest BCUT2D eigenvalue weighted by molar-refractivity contribution is -0.139. The van der Waals surface area contributed by atoms with E-state index in [9.17, 15) is 4.79 Å². The smallest absolute Gasteiger partial charge is 0.341 e. The normalized spacial score (nSPS) is 8.69. The van der Waals surface area contributed by atoms with Gasteiger partial charge in [0.1, 0.15) is 5.75 Å². The van der Waals surface area contributed by atoms with Crippen molar-refractivity contribution in [2.75, 3.05) is 6.61 Å². The molecule has 0 aromatic heterocycles. The minimum Gasteiger partial charge on any atom is -0.482 e. The van der Waals surface area contributed by atoms with Gasteiger partial charge >= 0.3 is 5.97 Å². The van der Waals surface area contributed by atoms with Crippen molar-refractivity contribution in [1.29, 1.82) is 0 Å². The van der Waals surface area contributed by atoms with Crippen LogP contribution in [0.5, 0.6) is 5.75 Å². The number of benzene rings is 1. The maximum atomic E-state index is 10.2. The van der Waals surface area contributed by atoms with Crippen LogP contribution in [0.15, 0.2) is 30.9 Å². The van der Waals surface area contributed by atoms with E-state index in [1.165, 1.54) is 0 Å². The lowest BCUT2D eigenvalue weighted by atomic mass is 10.2. The zero-order valence-corrected chi connectivity index (χ0v) is 10.1. The van der Waals surface area contributed by atoms with Gasteiger partial charge in [-0.3, -0.25) is 0 Å². The topological polar surface area (TPSA) is 46.5 Å². The highest BCUT2D eigenvalue weighted by Crippen LogP contribution is 2.21. The standard InChI is InChI=1S/C9H9ClO3.C3H6/c1-6-4-7(10)2-3-8(6)13-5-9(11)12;1-3-2/h2-4H,5H2,1H3,(H,11,12);3H,1H2,2H3. The summed E-state index contributed by atoms with van der Waals surface area (Å²) in [6.07, 6.45) is 1.75. The number of ether oxygens (including phenoxy) is 1. The van der Waals surface area contributed by atoms with Crippen LogP contribution >= 0.6 is 11.6 Å². The highest BCUT2D eigenvalue weighted by Gasteiger charge is 2.02. The number of hydrogen-bond donors (Lipinski definition) is 1. The monoisotopic (exact) mass is 242 g/mol. The lowest BCUT2D eigenvalue weighted by Gasteiger charge is -2.06. The van der Waals surface area contributed by atoms with Gasteiger partial charge < -0.3 is 9.84 Å². The van der Waals surface area contributed by atoms with E-state index < -0.39 is 5.97 Å². The zero-order chi connectivity index (χ0) is 12.6. The van der Waals surface area contributed by atoms with Crippen LogP contribution in [-0.4, -0.2) is 17.7 Å². The molecule has 0 amide bonds. The van der Waals surface area contributed by atoms with Crippen LogP contribution in [0.25, 0.3) is 0 Å². The summed E-state index contributed by atoms with van der Waals surface area (Å²) in [6, 6.07) is 5.03. The van der Waals surface area contributed by atoms with Crippen molar-refractivity contribution < 1.29 is 14.6 Å². The van der Waals surface area contributed by atoms with Gasteiger partial charge in [-0.2, -0.15) is 0 Å². The van der Waals surface area contributed by atoms with Crippen LogP contribution in [0.4, 0.5) is 0 Å². The van der Waals surface area contributed by atoms with Gasteiger partial charge in [-0.05, 0) is 37.6 Å². The second kappa shape index (κ2) is 7.77. The number of carboxylic acid groups (broad SMARTS) is 1. The van der Waals surface area contributed by atoms with Crippen LogP contribution in [0.3, 0.4) is 0 Å². The highest BCUT2D eigenvalue weighted by atomic mass is 35.5. The van der Waals surface area contributed by atoms with Crippen molar-refractivity contribution in [2.45, 2.75) is 13.8 Å². The van der Waals surface area contributed by atoms with E-state index in [-0.39, 0.29) is 6.61 Å². The Labute approximate surface area is 100 Å². The molecule has 0 aliphatic heterocycles. The molecule has 0 unspecified atom stereocenters. The second-order valence-electron chi connectivity index (χ2n) is 3.00. The van der Waals surface area contributed by atoms with Crippen LogP contribution < -0.4 is 4.74 Å². The van der Waals surface area contributed by atoms with Gasteiger partial charge in [-0.25, -0.2) is 4.79 Å². The molecule has 0 heterocycles. The summed E-state index contributed by atoms with van der Waals surface area (Å²) in [4.78, 5) is 10.2. The highest BCUT2D eigenvalue weighted by molar-refractivity contribution is 6.30. The molecule has 0 radical (unpaired) electrons. The number of carboxylic acids is 1. The molecular formula is C12H15ClO3. The summed E-state index contributed by atoms with van der Waals surface area (Å²) in [5.41, 5.74) is 0.828. The third kappa shape index (κ3) is 6.09. The van der Waals surface area contributed by atoms with Gasteiger partial charge in [0.25, 0.3) is 0 Å². The molecule has 0 aliphatic carbocycles. The van der Waals surface area contributed by atoms with E-state index in [1.807, 2.05) is 13.8 Å². The van der Waals surface area contributed by atoms with E-state index in [0.29, 0.717) is 10.8 Å². The van der Waals surface area contributed by atoms with Crippen molar-refractivity contribution in [2.24, 2.45) is 0 Å². The molecule has 0 saturated heterocycles. The quantitative estimate of drug-likeness (QED) is 0.828. The van der Waals surface area contributed by atoms with E-state index in [2.05, 4.69) is 6.58 Å². The van der Waals surface area contributed by atoms with E-state index in [1.54, 1.807) is 24.3 Å². The Hall–Kier alpha value is -1.48. The van der Waals surface area contributed by atoms with Crippen LogP contribution in [0, 0.1) is 6.92 Å². The fraction of sp³-hybridized carbons (Fsp3) is 0.250. The fourth-order valence-corrected chi connectivity index (χ4v) is 1.14. The first-order valence-electron chi connectivity index (χ1n) is 4.69. The van der Waals surface area contributed by atoms with Gasteiger partial charge in [0.2, 0.25) is 0 Å². The van der Waals surface area contributed by atoms with Crippen LogP contribution in [-0.2, 0) is 4.79 Å². The number of aryl methyl sites for hydroxylation is 1. The van der Waals surface area contributed by atoms with E-state index in [0.717, 1.165) is 5.56 Å². The SMILES string of the molecule is C=CC.Cc1cc(Cl)ccc1OCC(=O)O. The van der Waals surface area contributed by atoms with Gasteiger partial charge in [0, 0.05) is 5.02 Å². The Morgan fingerprint density at radius 2 is 2.19 bits per heavy atom. The third-order valence-electron chi connectivity index (χ3n) is 1.49. The van der Waals surface area contributed by atoms with Gasteiger partial charge in [-0.15, -0.1) is 6.58 Å². The Morgan fingerprint density at radius 3 is 2.62 bits per heavy atom. The summed E-state index contributed by atoms with van der Waals surface area (Å²) < 4.78 is 5.00. The zero-order valence-electron chi connectivity index (χ0n) is 9.37. The Morgan fingerprint density at radius 1 is 1.62 bits per heavy atom. The van der Waals surface area contributed by atoms with Crippen LogP contribution in [0.1, 0.15) is 12.5 Å². The summed E-state index contributed by atoms with van der Waals surface area (Å²) in [7, 11) is 0. The fourth-order valence-electron chi connectivity index (χ4n) is 0.914. The third-order valence-corrected chi connectivity index (χ3v) is 1.72. The summed E-state index contributed by atoms with van der Waals surface area (Å²) in [6.45, 7) is 6.73. The molecule has 16 heavy (non-hydrogen) atoms. The molecule has 0 aliphatic rings. The largest absolute Gasteiger partial charge is 0.482 e. The summed E-state index contributed by atoms with van der Waals surface area (Å²) in [5, 5.41) is 8.98. The molecule has 1 rings (SSSR count). The molecular weight excluding hydrogens is 228 g/mol. The molecule has 0 atom stereocenters. The first-order valence-corrected chi connectivity index (χ1v) is 5.06. The Kier molecular flexibility index (Phi) is 7.05. The number of aliphatic carboxylic acids is 1. The first kappa shape index (κ1) is 14.5. The second-order valence-corrected chi connectivity index (χ2v) is 3.44. The van der Waals surface area contributed by atoms with Crippen molar-refractivity contribution in [1.82, 2.24) is 0 Å². The molecule has 3 nitrogen and oxygen atoms in total. The molecule has 4 heteroatoms. The average molecular weight is 243 g/mol. The predicted molar refractivity (Wildman–Crippen MR) is 65.2 cm³/mol. The molecule has 0 spiro atoms. The maximum Gasteiger partial charge on any atom is 0.341 e. The van der Waals surface area contributed by atoms with Gasteiger partial charge in [0.15, 0.2) is 6.61 Å². The average Bonchev–Trinajstić information content (AvgIpc) is 2.17. The first-order chi connectivity index (χ1) is 7.51. The number of allylic oxidation sites excluding steroid dienone is 1. The molecule has 0 fully saturated rings. The Balaban J connectivity index is 0.000000673. The van der Waals surface area contributed by atoms with Crippen molar-refractivity contribution in [3.63, 3.8) is 0 Å². The molecule has 1 N–H and O–H groups in total. The summed E-state index contributed by atoms with van der Waals surface area (Å²) in [5.74, 6) is -0.443. The summed E-state index contributed by atoms with van der Waals surface area (Å²) >= 11 is 5.71. The minimum absolute atomic E-state index is 0.331. The van der Waals surface area contributed by atoms with Crippen molar-refractivity contribution in [3.8, 4) is 5.75 Å². The number of rotatable bonds is 3. The molecule has 0 saturated carbocycles. The van der Waals surface area contributed by atoms with Crippen molar-refractivity contribution >= 4 is 17.6 Å². The Bertz CT molecular complexity index is 361. The lowest BCUT2D eigenvalue weighted by Crippen LogP contribution is -2.09. The molecule has 1 aromatic rings. The number of hydrogen-bond acceptors (Lipinski definition) is 2. The van der Waals surface area contributed by atoms with Gasteiger partial charge in [-0.1, -0.05) is 17.7 Å². The number of carbonyl (C=O) groups is 1. The molecule has 88 valence electrons. The molecule has 0 bridgehead atoms. The van der Waals surface area contributed by atoms with Gasteiger partial charge in [0.05, 0.1) is 0 Å².